The number of nitrogens with one attached hydrogen (secondary N) is 1. The van der Waals surface area contributed by atoms with Crippen LogP contribution in [0.5, 0.6) is 5.75 Å². The molecule has 1 amide bonds. The molecule has 1 atom stereocenters. The lowest BCUT2D eigenvalue weighted by Crippen LogP contribution is -2.48. The summed E-state index contributed by atoms with van der Waals surface area (Å²) >= 11 is 0. The Hall–Kier alpha value is -2.61. The van der Waals surface area contributed by atoms with E-state index in [1.54, 1.807) is 31.2 Å². The Balaban J connectivity index is 1.64. The third kappa shape index (κ3) is 3.80. The first-order chi connectivity index (χ1) is 12.2. The lowest BCUT2D eigenvalue weighted by Gasteiger charge is -2.23. The maximum absolute atomic E-state index is 12.2. The van der Waals surface area contributed by atoms with Crippen LogP contribution in [0, 0.1) is 0 Å². The quantitative estimate of drug-likeness (QED) is 0.780. The van der Waals surface area contributed by atoms with E-state index in [4.69, 9.17) is 4.74 Å². The Kier molecular flexibility index (Phi) is 4.62. The highest BCUT2D eigenvalue weighted by atomic mass is 32.2. The molecule has 0 unspecified atom stereocenters. The molecule has 138 valence electrons. The lowest BCUT2D eigenvalue weighted by molar-refractivity contribution is -0.125. The molecule has 2 aromatic carbocycles. The highest BCUT2D eigenvalue weighted by Gasteiger charge is 2.39. The molecule has 0 radical (unpaired) electrons. The molecule has 3 rings (SSSR count). The molecule has 2 aromatic rings. The van der Waals surface area contributed by atoms with Crippen LogP contribution in [0.4, 0.5) is 0 Å². The molecule has 7 nitrogen and oxygen atoms in total. The molecule has 1 saturated heterocycles. The molecule has 1 aliphatic heterocycles. The fourth-order valence-electron chi connectivity index (χ4n) is 3.11. The largest absolute Gasteiger partial charge is 0.506 e. The van der Waals surface area contributed by atoms with Crippen molar-refractivity contribution in [1.29, 1.82) is 0 Å². The average Bonchev–Trinajstić information content (AvgIpc) is 2.86. The summed E-state index contributed by atoms with van der Waals surface area (Å²) in [6, 6.07) is 10.1. The van der Waals surface area contributed by atoms with Crippen LogP contribution in [0.25, 0.3) is 10.8 Å². The molecule has 0 spiro atoms. The Morgan fingerprint density at radius 1 is 1.23 bits per heavy atom. The molecule has 1 heterocycles. The Labute approximate surface area is 150 Å². The number of sulfone groups is 1. The highest BCUT2D eigenvalue weighted by Crippen LogP contribution is 2.29. The van der Waals surface area contributed by atoms with Gasteiger partial charge in [0.05, 0.1) is 17.0 Å². The van der Waals surface area contributed by atoms with Crippen molar-refractivity contribution in [1.82, 2.24) is 5.32 Å². The molecule has 0 saturated carbocycles. The predicted molar refractivity (Wildman–Crippen MR) is 95.7 cm³/mol. The van der Waals surface area contributed by atoms with Crippen LogP contribution in [0.3, 0.4) is 0 Å². The highest BCUT2D eigenvalue weighted by molar-refractivity contribution is 7.91. The topological polar surface area (TPSA) is 110 Å². The Morgan fingerprint density at radius 2 is 1.96 bits per heavy atom. The number of fused-ring (bicyclic) bond motifs is 1. The molecule has 1 fully saturated rings. The number of phenols is 1. The van der Waals surface area contributed by atoms with Crippen molar-refractivity contribution in [3.05, 3.63) is 42.0 Å². The van der Waals surface area contributed by atoms with Gasteiger partial charge in [0.1, 0.15) is 11.3 Å². The summed E-state index contributed by atoms with van der Waals surface area (Å²) < 4.78 is 28.1. The van der Waals surface area contributed by atoms with Crippen molar-refractivity contribution in [2.45, 2.75) is 18.9 Å². The number of hydrogen-bond donors (Lipinski definition) is 2. The monoisotopic (exact) mass is 377 g/mol. The SMILES string of the molecule is C[C@]1(NC(=O)COC(=O)c2ccc3ccccc3c2O)CCS(=O)(=O)C1. The van der Waals surface area contributed by atoms with E-state index in [2.05, 4.69) is 5.32 Å². The maximum Gasteiger partial charge on any atom is 0.342 e. The van der Waals surface area contributed by atoms with Gasteiger partial charge in [0.25, 0.3) is 5.91 Å². The second-order valence-electron chi connectivity index (χ2n) is 6.71. The molecule has 8 heteroatoms. The van der Waals surface area contributed by atoms with Crippen LogP contribution in [-0.4, -0.2) is 49.1 Å². The number of esters is 1. The normalized spacial score (nSPS) is 21.4. The summed E-state index contributed by atoms with van der Waals surface area (Å²) in [5.74, 6) is -1.73. The second kappa shape index (κ2) is 6.60. The van der Waals surface area contributed by atoms with Gasteiger partial charge in [0, 0.05) is 5.39 Å². The number of hydrogen-bond acceptors (Lipinski definition) is 6. The van der Waals surface area contributed by atoms with E-state index < -0.39 is 33.9 Å². The van der Waals surface area contributed by atoms with E-state index in [0.29, 0.717) is 11.8 Å². The first-order valence-electron chi connectivity index (χ1n) is 8.08. The molecule has 2 N–H and O–H groups in total. The predicted octanol–water partition coefficient (Wildman–Crippen LogP) is 1.40. The summed E-state index contributed by atoms with van der Waals surface area (Å²) in [7, 11) is -3.16. The summed E-state index contributed by atoms with van der Waals surface area (Å²) in [5.41, 5.74) is -0.890. The Morgan fingerprint density at radius 3 is 2.65 bits per heavy atom. The number of carbonyl (C=O) groups excluding carboxylic acids is 2. The van der Waals surface area contributed by atoms with Gasteiger partial charge in [-0.05, 0) is 24.8 Å². The fraction of sp³-hybridized carbons (Fsp3) is 0.333. The second-order valence-corrected chi connectivity index (χ2v) is 8.89. The van der Waals surface area contributed by atoms with Gasteiger partial charge in [0.2, 0.25) is 0 Å². The summed E-state index contributed by atoms with van der Waals surface area (Å²) in [5, 5.41) is 14.1. The molecule has 1 aliphatic rings. The van der Waals surface area contributed by atoms with Crippen molar-refractivity contribution in [3.63, 3.8) is 0 Å². The van der Waals surface area contributed by atoms with Crippen molar-refractivity contribution in [2.24, 2.45) is 0 Å². The van der Waals surface area contributed by atoms with E-state index in [9.17, 15) is 23.1 Å². The standard InChI is InChI=1S/C18H19NO6S/c1-18(8-9-26(23,24)11-18)19-15(20)10-25-17(22)14-7-6-12-4-2-3-5-13(12)16(14)21/h2-7,21H,8-11H2,1H3,(H,19,20)/t18-/m0/s1. The number of carbonyl (C=O) groups is 2. The number of benzene rings is 2. The first kappa shape index (κ1) is 18.2. The van der Waals surface area contributed by atoms with Gasteiger partial charge in [-0.1, -0.05) is 30.3 Å². The molecule has 0 aliphatic carbocycles. The van der Waals surface area contributed by atoms with Crippen LogP contribution in [0.15, 0.2) is 36.4 Å². The first-order valence-corrected chi connectivity index (χ1v) is 9.91. The zero-order valence-electron chi connectivity index (χ0n) is 14.2. The van der Waals surface area contributed by atoms with E-state index in [1.165, 1.54) is 6.07 Å². The minimum atomic E-state index is -3.16. The van der Waals surface area contributed by atoms with E-state index in [-0.39, 0.29) is 22.8 Å². The number of amides is 1. The molecule has 0 bridgehead atoms. The van der Waals surface area contributed by atoms with E-state index in [1.807, 2.05) is 6.07 Å². The van der Waals surface area contributed by atoms with E-state index in [0.717, 1.165) is 5.39 Å². The van der Waals surface area contributed by atoms with Crippen LogP contribution in [0.2, 0.25) is 0 Å². The molecule has 26 heavy (non-hydrogen) atoms. The zero-order chi connectivity index (χ0) is 18.9. The van der Waals surface area contributed by atoms with Crippen LogP contribution in [0.1, 0.15) is 23.7 Å². The Bertz CT molecular complexity index is 984. The average molecular weight is 377 g/mol. The smallest absolute Gasteiger partial charge is 0.342 e. The molecular weight excluding hydrogens is 358 g/mol. The van der Waals surface area contributed by atoms with Gasteiger partial charge >= 0.3 is 5.97 Å². The van der Waals surface area contributed by atoms with Crippen LogP contribution < -0.4 is 5.32 Å². The van der Waals surface area contributed by atoms with Crippen molar-refractivity contribution < 1.29 is 27.9 Å². The summed E-state index contributed by atoms with van der Waals surface area (Å²) in [6.07, 6.45) is 0.320. The van der Waals surface area contributed by atoms with Gasteiger partial charge in [-0.2, -0.15) is 0 Å². The third-order valence-electron chi connectivity index (χ3n) is 4.40. The van der Waals surface area contributed by atoms with Crippen molar-refractivity contribution in [2.75, 3.05) is 18.1 Å². The fourth-order valence-corrected chi connectivity index (χ4v) is 5.20. The van der Waals surface area contributed by atoms with Crippen LogP contribution >= 0.6 is 0 Å². The number of aromatic hydroxyl groups is 1. The van der Waals surface area contributed by atoms with Gasteiger partial charge in [-0.25, -0.2) is 13.2 Å². The third-order valence-corrected chi connectivity index (χ3v) is 6.30. The van der Waals surface area contributed by atoms with Gasteiger partial charge in [-0.3, -0.25) is 4.79 Å². The maximum atomic E-state index is 12.2. The molecular formula is C18H19NO6S. The van der Waals surface area contributed by atoms with Gasteiger partial charge < -0.3 is 15.2 Å². The minimum absolute atomic E-state index is 0.0224. The van der Waals surface area contributed by atoms with Crippen LogP contribution in [-0.2, 0) is 19.4 Å². The summed E-state index contributed by atoms with van der Waals surface area (Å²) in [6.45, 7) is 1.09. The lowest BCUT2D eigenvalue weighted by atomic mass is 10.0. The van der Waals surface area contributed by atoms with E-state index >= 15 is 0 Å². The van der Waals surface area contributed by atoms with Gasteiger partial charge in [-0.15, -0.1) is 0 Å². The van der Waals surface area contributed by atoms with Crippen molar-refractivity contribution in [3.8, 4) is 5.75 Å². The summed E-state index contributed by atoms with van der Waals surface area (Å²) in [4.78, 5) is 24.2. The van der Waals surface area contributed by atoms with Crippen molar-refractivity contribution >= 4 is 32.5 Å². The molecule has 0 aromatic heterocycles. The number of ether oxygens (including phenoxy) is 1. The number of rotatable bonds is 4. The minimum Gasteiger partial charge on any atom is -0.506 e. The zero-order valence-corrected chi connectivity index (χ0v) is 15.0. The number of phenolic OH excluding ortho intramolecular Hbond substituents is 1. The van der Waals surface area contributed by atoms with Gasteiger partial charge in [0.15, 0.2) is 16.4 Å².